The highest BCUT2D eigenvalue weighted by atomic mass is 35.5. The first-order chi connectivity index (χ1) is 8.51. The maximum absolute atomic E-state index is 11.7. The highest BCUT2D eigenvalue weighted by Crippen LogP contribution is 2.13. The van der Waals surface area contributed by atoms with Crippen molar-refractivity contribution >= 4 is 23.3 Å². The van der Waals surface area contributed by atoms with Gasteiger partial charge in [-0.05, 0) is 6.92 Å². The molecule has 0 saturated heterocycles. The van der Waals surface area contributed by atoms with E-state index >= 15 is 0 Å². The van der Waals surface area contributed by atoms with Crippen LogP contribution in [-0.2, 0) is 16.6 Å². The Labute approximate surface area is 109 Å². The van der Waals surface area contributed by atoms with Crippen LogP contribution in [0.25, 0.3) is 0 Å². The lowest BCUT2D eigenvalue weighted by atomic mass is 10.0. The van der Waals surface area contributed by atoms with E-state index in [-0.39, 0.29) is 29.5 Å². The topological polar surface area (TPSA) is 88.2 Å². The summed E-state index contributed by atoms with van der Waals surface area (Å²) >= 11 is 5.49. The van der Waals surface area contributed by atoms with Crippen LogP contribution in [0.1, 0.15) is 12.5 Å². The standard InChI is InChI=1S/C11H14ClN3O3/c1-3-18-11(17)9(8(16)4-12)10(13)7-5-14-15(2)6-7/h5-6,13,16H,3-4H2,1-2H3. The molecule has 1 rings (SSSR count). The number of aromatic nitrogens is 2. The molecule has 7 heteroatoms. The van der Waals surface area contributed by atoms with E-state index in [2.05, 4.69) is 5.10 Å². The van der Waals surface area contributed by atoms with Gasteiger partial charge in [0.1, 0.15) is 11.3 Å². The van der Waals surface area contributed by atoms with E-state index in [1.807, 2.05) is 0 Å². The highest BCUT2D eigenvalue weighted by Gasteiger charge is 2.23. The minimum Gasteiger partial charge on any atom is -0.510 e. The van der Waals surface area contributed by atoms with Gasteiger partial charge in [-0.15, -0.1) is 11.6 Å². The number of halogens is 1. The van der Waals surface area contributed by atoms with E-state index < -0.39 is 5.97 Å². The van der Waals surface area contributed by atoms with Crippen molar-refractivity contribution in [2.75, 3.05) is 12.5 Å². The Balaban J connectivity index is 3.13. The molecule has 0 atom stereocenters. The van der Waals surface area contributed by atoms with E-state index in [0.29, 0.717) is 5.56 Å². The number of aliphatic hydroxyl groups excluding tert-OH is 1. The quantitative estimate of drug-likeness (QED) is 0.279. The number of esters is 1. The molecule has 0 aliphatic carbocycles. The Hall–Kier alpha value is -1.82. The van der Waals surface area contributed by atoms with Crippen molar-refractivity contribution in [2.45, 2.75) is 6.92 Å². The average Bonchev–Trinajstić information content (AvgIpc) is 2.76. The van der Waals surface area contributed by atoms with Crippen molar-refractivity contribution in [1.82, 2.24) is 9.78 Å². The SMILES string of the molecule is CCOC(=O)C(C(=N)c1cnn(C)c1)=C(O)CCl. The van der Waals surface area contributed by atoms with Gasteiger partial charge in [0.05, 0.1) is 24.4 Å². The van der Waals surface area contributed by atoms with Crippen LogP contribution in [0.4, 0.5) is 0 Å². The van der Waals surface area contributed by atoms with E-state index in [4.69, 9.17) is 21.7 Å². The zero-order valence-electron chi connectivity index (χ0n) is 10.1. The number of carbonyl (C=O) groups is 1. The van der Waals surface area contributed by atoms with Crippen molar-refractivity contribution in [3.63, 3.8) is 0 Å². The van der Waals surface area contributed by atoms with Gasteiger partial charge >= 0.3 is 5.97 Å². The van der Waals surface area contributed by atoms with Crippen LogP contribution in [0.5, 0.6) is 0 Å². The predicted molar refractivity (Wildman–Crippen MR) is 67.0 cm³/mol. The van der Waals surface area contributed by atoms with Crippen LogP contribution in [-0.4, -0.2) is 39.1 Å². The normalized spacial score (nSPS) is 11.9. The summed E-state index contributed by atoms with van der Waals surface area (Å²) in [5.74, 6) is -1.43. The summed E-state index contributed by atoms with van der Waals surface area (Å²) in [7, 11) is 1.69. The van der Waals surface area contributed by atoms with Crippen LogP contribution >= 0.6 is 11.6 Å². The molecule has 1 aromatic heterocycles. The minimum atomic E-state index is -0.774. The van der Waals surface area contributed by atoms with Gasteiger partial charge in [0, 0.05) is 18.8 Å². The third-order valence-electron chi connectivity index (χ3n) is 2.14. The Bertz CT molecular complexity index is 493. The van der Waals surface area contributed by atoms with Gasteiger partial charge in [-0.1, -0.05) is 0 Å². The van der Waals surface area contributed by atoms with Crippen molar-refractivity contribution < 1.29 is 14.6 Å². The maximum atomic E-state index is 11.7. The van der Waals surface area contributed by atoms with Crippen LogP contribution < -0.4 is 0 Å². The van der Waals surface area contributed by atoms with Crippen LogP contribution in [0.15, 0.2) is 23.7 Å². The second kappa shape index (κ2) is 6.20. The fourth-order valence-electron chi connectivity index (χ4n) is 1.33. The Morgan fingerprint density at radius 2 is 2.33 bits per heavy atom. The van der Waals surface area contributed by atoms with Crippen molar-refractivity contribution in [2.24, 2.45) is 7.05 Å². The number of aliphatic hydroxyl groups is 1. The smallest absolute Gasteiger partial charge is 0.343 e. The summed E-state index contributed by atoms with van der Waals surface area (Å²) in [5.41, 5.74) is -0.00299. The number of alkyl halides is 1. The van der Waals surface area contributed by atoms with Gasteiger partial charge in [0.25, 0.3) is 0 Å². The molecule has 1 heterocycles. The van der Waals surface area contributed by atoms with Crippen molar-refractivity contribution in [1.29, 1.82) is 5.41 Å². The molecule has 0 fully saturated rings. The molecule has 6 nitrogen and oxygen atoms in total. The molecule has 0 aliphatic rings. The van der Waals surface area contributed by atoms with E-state index in [0.717, 1.165) is 0 Å². The summed E-state index contributed by atoms with van der Waals surface area (Å²) < 4.78 is 6.28. The first-order valence-corrected chi connectivity index (χ1v) is 5.77. The van der Waals surface area contributed by atoms with E-state index in [1.54, 1.807) is 20.2 Å². The van der Waals surface area contributed by atoms with Crippen molar-refractivity contribution in [3.8, 4) is 0 Å². The first kappa shape index (κ1) is 14.2. The lowest BCUT2D eigenvalue weighted by Gasteiger charge is -2.08. The Kier molecular flexibility index (Phi) is 4.91. The molecular weight excluding hydrogens is 258 g/mol. The molecule has 0 bridgehead atoms. The zero-order valence-corrected chi connectivity index (χ0v) is 10.9. The van der Waals surface area contributed by atoms with Gasteiger partial charge in [-0.3, -0.25) is 10.1 Å². The number of nitrogens with zero attached hydrogens (tertiary/aromatic N) is 2. The number of allylic oxidation sites excluding steroid dienone is 1. The number of aryl methyl sites for hydroxylation is 1. The fraction of sp³-hybridized carbons (Fsp3) is 0.364. The van der Waals surface area contributed by atoms with E-state index in [9.17, 15) is 9.90 Å². The molecule has 0 amide bonds. The molecule has 0 radical (unpaired) electrons. The van der Waals surface area contributed by atoms with Crippen LogP contribution in [0, 0.1) is 5.41 Å². The summed E-state index contributed by atoms with van der Waals surface area (Å²) in [6.45, 7) is 1.79. The second-order valence-corrected chi connectivity index (χ2v) is 3.72. The number of rotatable bonds is 5. The molecule has 0 saturated carbocycles. The van der Waals surface area contributed by atoms with Crippen LogP contribution in [0.2, 0.25) is 0 Å². The van der Waals surface area contributed by atoms with Gasteiger partial charge in [0.15, 0.2) is 0 Å². The molecule has 2 N–H and O–H groups in total. The Morgan fingerprint density at radius 1 is 1.67 bits per heavy atom. The molecule has 0 aliphatic heterocycles. The number of carbonyl (C=O) groups excluding carboxylic acids is 1. The van der Waals surface area contributed by atoms with Gasteiger partial charge < -0.3 is 9.84 Å². The second-order valence-electron chi connectivity index (χ2n) is 3.45. The lowest BCUT2D eigenvalue weighted by Crippen LogP contribution is -2.19. The average molecular weight is 272 g/mol. The Morgan fingerprint density at radius 3 is 2.78 bits per heavy atom. The van der Waals surface area contributed by atoms with Gasteiger partial charge in [-0.2, -0.15) is 5.10 Å². The third kappa shape index (κ3) is 3.10. The molecular formula is C11H14ClN3O3. The number of hydrogen-bond donors (Lipinski definition) is 2. The monoisotopic (exact) mass is 271 g/mol. The van der Waals surface area contributed by atoms with Gasteiger partial charge in [0.2, 0.25) is 0 Å². The summed E-state index contributed by atoms with van der Waals surface area (Å²) in [5, 5.41) is 21.4. The molecule has 0 aromatic carbocycles. The fourth-order valence-corrected chi connectivity index (χ4v) is 1.46. The number of ether oxygens (including phenoxy) is 1. The minimum absolute atomic E-state index is 0.151. The molecule has 0 spiro atoms. The number of hydrogen-bond acceptors (Lipinski definition) is 5. The maximum Gasteiger partial charge on any atom is 0.343 e. The summed E-state index contributed by atoms with van der Waals surface area (Å²) in [4.78, 5) is 11.7. The summed E-state index contributed by atoms with van der Waals surface area (Å²) in [6, 6.07) is 0. The van der Waals surface area contributed by atoms with Crippen LogP contribution in [0.3, 0.4) is 0 Å². The highest BCUT2D eigenvalue weighted by molar-refractivity contribution is 6.27. The van der Waals surface area contributed by atoms with Crippen molar-refractivity contribution in [3.05, 3.63) is 29.3 Å². The molecule has 98 valence electrons. The zero-order chi connectivity index (χ0) is 13.7. The third-order valence-corrected chi connectivity index (χ3v) is 2.39. The molecule has 18 heavy (non-hydrogen) atoms. The van der Waals surface area contributed by atoms with Gasteiger partial charge in [-0.25, -0.2) is 4.79 Å². The number of nitrogens with one attached hydrogen (secondary N) is 1. The molecule has 0 unspecified atom stereocenters. The summed E-state index contributed by atoms with van der Waals surface area (Å²) in [6.07, 6.45) is 2.98. The predicted octanol–water partition coefficient (Wildman–Crippen LogP) is 1.40. The lowest BCUT2D eigenvalue weighted by molar-refractivity contribution is -0.138. The van der Waals surface area contributed by atoms with E-state index in [1.165, 1.54) is 10.9 Å². The molecule has 1 aromatic rings. The largest absolute Gasteiger partial charge is 0.510 e. The first-order valence-electron chi connectivity index (χ1n) is 5.24.